The van der Waals surface area contributed by atoms with Gasteiger partial charge < -0.3 is 18.8 Å². The van der Waals surface area contributed by atoms with E-state index in [0.29, 0.717) is 18.6 Å². The number of hydrogen-bond donors (Lipinski definition) is 0. The first-order valence-electron chi connectivity index (χ1n) is 10.1. The Morgan fingerprint density at radius 2 is 1.29 bits per heavy atom. The lowest BCUT2D eigenvalue weighted by Gasteiger charge is -2.19. The Hall–Kier alpha value is 0.0400. The fourth-order valence-electron chi connectivity index (χ4n) is 1.40. The Morgan fingerprint density at radius 3 is 1.46 bits per heavy atom. The van der Waals surface area contributed by atoms with E-state index in [1.165, 1.54) is 6.92 Å². The van der Waals surface area contributed by atoms with Crippen LogP contribution < -0.4 is 0 Å². The summed E-state index contributed by atoms with van der Waals surface area (Å²) in [6.07, 6.45) is 1.09. The molecule has 4 nitrogen and oxygen atoms in total. The topological polar surface area (TPSA) is 44.8 Å². The van der Waals surface area contributed by atoms with E-state index in [4.69, 9.17) is 14.2 Å². The largest absolute Gasteiger partial charge is 0.382 e. The van der Waals surface area contributed by atoms with Crippen LogP contribution in [0, 0.1) is 5.41 Å². The van der Waals surface area contributed by atoms with Gasteiger partial charge in [-0.25, -0.2) is 4.39 Å². The zero-order chi connectivity index (χ0) is 23.2. The van der Waals surface area contributed by atoms with E-state index in [1.54, 1.807) is 7.11 Å². The lowest BCUT2D eigenvalue weighted by Crippen LogP contribution is -2.22. The summed E-state index contributed by atoms with van der Waals surface area (Å²) in [7, 11) is -0.0895. The summed E-state index contributed by atoms with van der Waals surface area (Å²) >= 11 is 0. The standard InChI is InChI=1S/C8H19OP.C7H15FO.C7H16O2/c1-8(2,3)6-7-10(4,5)9;1-6(8)5-9-7(2,3)4;1-7(2,3)9-6-5-8-4/h6-7H2,1-5H3;6H,5H2,1-4H3;5-6H2,1-4H3. The first-order chi connectivity index (χ1) is 12.2. The van der Waals surface area contributed by atoms with Crippen LogP contribution in [0.15, 0.2) is 0 Å². The Morgan fingerprint density at radius 1 is 0.857 bits per heavy atom. The van der Waals surface area contributed by atoms with Crippen LogP contribution in [0.1, 0.15) is 75.7 Å². The van der Waals surface area contributed by atoms with Crippen LogP contribution in [-0.2, 0) is 18.8 Å². The molecule has 28 heavy (non-hydrogen) atoms. The summed E-state index contributed by atoms with van der Waals surface area (Å²) in [5.74, 6) is 0. The predicted octanol–water partition coefficient (Wildman–Crippen LogP) is 6.65. The maximum absolute atomic E-state index is 12.1. The molecule has 0 heterocycles. The number of alkyl halides is 1. The number of methoxy groups -OCH3 is 1. The maximum atomic E-state index is 12.1. The van der Waals surface area contributed by atoms with Crippen LogP contribution >= 0.6 is 7.14 Å². The highest BCUT2D eigenvalue weighted by Crippen LogP contribution is 2.39. The number of halogens is 1. The van der Waals surface area contributed by atoms with Gasteiger partial charge in [0.1, 0.15) is 6.17 Å². The molecule has 1 atom stereocenters. The smallest absolute Gasteiger partial charge is 0.121 e. The molecule has 0 spiro atoms. The molecule has 0 aliphatic heterocycles. The van der Waals surface area contributed by atoms with Crippen molar-refractivity contribution in [2.75, 3.05) is 46.4 Å². The molecule has 174 valence electrons. The van der Waals surface area contributed by atoms with E-state index >= 15 is 0 Å². The van der Waals surface area contributed by atoms with Crippen molar-refractivity contribution in [1.82, 2.24) is 0 Å². The van der Waals surface area contributed by atoms with Crippen molar-refractivity contribution < 1.29 is 23.2 Å². The summed E-state index contributed by atoms with van der Waals surface area (Å²) in [5, 5.41) is 0. The molecular weight excluding hydrogens is 378 g/mol. The molecule has 0 amide bonds. The summed E-state index contributed by atoms with van der Waals surface area (Å²) in [6.45, 7) is 25.1. The van der Waals surface area contributed by atoms with Crippen molar-refractivity contribution in [2.45, 2.75) is 93.0 Å². The molecule has 1 unspecified atom stereocenters. The molecule has 0 aromatic rings. The fourth-order valence-corrected chi connectivity index (χ4v) is 2.61. The first-order valence-corrected chi connectivity index (χ1v) is 12.9. The van der Waals surface area contributed by atoms with E-state index in [1.807, 2.05) is 54.9 Å². The van der Waals surface area contributed by atoms with E-state index in [-0.39, 0.29) is 17.8 Å². The second-order valence-corrected chi connectivity index (χ2v) is 14.4. The van der Waals surface area contributed by atoms with Crippen LogP contribution in [0.25, 0.3) is 0 Å². The molecule has 0 fully saturated rings. The van der Waals surface area contributed by atoms with Crippen LogP contribution in [0.2, 0.25) is 0 Å². The lowest BCUT2D eigenvalue weighted by atomic mass is 9.94. The second-order valence-electron chi connectivity index (χ2n) is 10.8. The summed E-state index contributed by atoms with van der Waals surface area (Å²) < 4.78 is 38.6. The molecule has 0 saturated heterocycles. The van der Waals surface area contributed by atoms with Gasteiger partial charge in [-0.1, -0.05) is 20.8 Å². The van der Waals surface area contributed by atoms with Gasteiger partial charge >= 0.3 is 0 Å². The minimum absolute atomic E-state index is 0.0292. The quantitative estimate of drug-likeness (QED) is 0.336. The number of hydrogen-bond acceptors (Lipinski definition) is 4. The van der Waals surface area contributed by atoms with E-state index < -0.39 is 13.3 Å². The average molecular weight is 429 g/mol. The van der Waals surface area contributed by atoms with E-state index in [0.717, 1.165) is 12.6 Å². The van der Waals surface area contributed by atoms with Gasteiger partial charge in [0.25, 0.3) is 0 Å². The van der Waals surface area contributed by atoms with Gasteiger partial charge in [-0.3, -0.25) is 0 Å². The van der Waals surface area contributed by atoms with Crippen LogP contribution in [0.3, 0.4) is 0 Å². The van der Waals surface area contributed by atoms with Gasteiger partial charge in [-0.2, -0.15) is 0 Å². The average Bonchev–Trinajstić information content (AvgIpc) is 2.41. The van der Waals surface area contributed by atoms with Gasteiger partial charge in [-0.15, -0.1) is 0 Å². The second kappa shape index (κ2) is 14.9. The third-order valence-electron chi connectivity index (χ3n) is 2.97. The summed E-state index contributed by atoms with van der Waals surface area (Å²) in [5.41, 5.74) is 0.0978. The molecule has 0 rings (SSSR count). The normalized spacial score (nSPS) is 13.8. The molecule has 0 saturated carbocycles. The molecule has 0 bridgehead atoms. The highest BCUT2D eigenvalue weighted by molar-refractivity contribution is 7.62. The van der Waals surface area contributed by atoms with Crippen LogP contribution in [0.5, 0.6) is 0 Å². The zero-order valence-corrected chi connectivity index (χ0v) is 22.0. The van der Waals surface area contributed by atoms with Crippen molar-refractivity contribution in [3.05, 3.63) is 0 Å². The van der Waals surface area contributed by atoms with Crippen molar-refractivity contribution in [3.63, 3.8) is 0 Å². The Balaban J connectivity index is -0.000000336. The Kier molecular flexibility index (Phi) is 17.4. The van der Waals surface area contributed by atoms with Gasteiger partial charge in [0.05, 0.1) is 38.2 Å². The van der Waals surface area contributed by atoms with Crippen LogP contribution in [-0.4, -0.2) is 63.8 Å². The lowest BCUT2D eigenvalue weighted by molar-refractivity contribution is -0.0271. The van der Waals surface area contributed by atoms with Gasteiger partial charge in [0, 0.05) is 13.3 Å². The third kappa shape index (κ3) is 45.0. The molecule has 0 aromatic heterocycles. The molecule has 0 radical (unpaired) electrons. The number of rotatable bonds is 7. The minimum atomic E-state index is -1.76. The Bertz CT molecular complexity index is 398. The van der Waals surface area contributed by atoms with Gasteiger partial charge in [0.15, 0.2) is 0 Å². The molecule has 0 N–H and O–H groups in total. The molecule has 6 heteroatoms. The third-order valence-corrected chi connectivity index (χ3v) is 4.27. The first kappa shape index (κ1) is 32.7. The SMILES string of the molecule is CC(C)(C)CCP(C)(C)=O.CC(F)COC(C)(C)C.COCCOC(C)(C)C. The summed E-state index contributed by atoms with van der Waals surface area (Å²) in [6, 6.07) is 0. The number of ether oxygens (including phenoxy) is 3. The van der Waals surface area contributed by atoms with Crippen molar-refractivity contribution in [3.8, 4) is 0 Å². The molecule has 0 aliphatic rings. The molecule has 0 aromatic carbocycles. The highest BCUT2D eigenvalue weighted by Gasteiger charge is 2.15. The maximum Gasteiger partial charge on any atom is 0.121 e. The molecular formula is C22H50FO4P. The van der Waals surface area contributed by atoms with Crippen molar-refractivity contribution >= 4 is 7.14 Å². The van der Waals surface area contributed by atoms with Crippen molar-refractivity contribution in [1.29, 1.82) is 0 Å². The Labute approximate surface area is 175 Å². The van der Waals surface area contributed by atoms with Crippen molar-refractivity contribution in [2.24, 2.45) is 5.41 Å². The fraction of sp³-hybridized carbons (Fsp3) is 1.00. The van der Waals surface area contributed by atoms with Crippen LogP contribution in [0.4, 0.5) is 4.39 Å². The van der Waals surface area contributed by atoms with E-state index in [9.17, 15) is 8.96 Å². The highest BCUT2D eigenvalue weighted by atomic mass is 31.2. The predicted molar refractivity (Wildman–Crippen MR) is 122 cm³/mol. The molecule has 0 aliphatic carbocycles. The van der Waals surface area contributed by atoms with Gasteiger partial charge in [0.2, 0.25) is 0 Å². The minimum Gasteiger partial charge on any atom is -0.382 e. The zero-order valence-electron chi connectivity index (χ0n) is 21.1. The van der Waals surface area contributed by atoms with Gasteiger partial charge in [-0.05, 0) is 73.6 Å². The van der Waals surface area contributed by atoms with E-state index in [2.05, 4.69) is 20.8 Å². The monoisotopic (exact) mass is 428 g/mol. The summed E-state index contributed by atoms with van der Waals surface area (Å²) in [4.78, 5) is 0.